The van der Waals surface area contributed by atoms with E-state index in [1.54, 1.807) is 26.8 Å². The van der Waals surface area contributed by atoms with Crippen LogP contribution in [0.5, 0.6) is 0 Å². The Morgan fingerprint density at radius 2 is 1.96 bits per heavy atom. The molecular weight excluding hydrogens is 301 g/mol. The van der Waals surface area contributed by atoms with E-state index in [0.29, 0.717) is 17.1 Å². The highest BCUT2D eigenvalue weighted by Gasteiger charge is 2.22. The average molecular weight is 319 g/mol. The maximum absolute atomic E-state index is 13.0. The number of anilines is 1. The smallest absolute Gasteiger partial charge is 0.254 e. The summed E-state index contributed by atoms with van der Waals surface area (Å²) in [6.45, 7) is 5.17. The van der Waals surface area contributed by atoms with Crippen LogP contribution in [0.3, 0.4) is 0 Å². The lowest BCUT2D eigenvalue weighted by atomic mass is 10.1. The van der Waals surface area contributed by atoms with Crippen LogP contribution in [0.1, 0.15) is 30.0 Å². The molecule has 0 atom stereocenters. The summed E-state index contributed by atoms with van der Waals surface area (Å²) in [6, 6.07) is 6.60. The molecule has 2 rings (SSSR count). The molecule has 0 radical (unpaired) electrons. The molecule has 0 unspecified atom stereocenters. The Morgan fingerprint density at radius 3 is 2.48 bits per heavy atom. The van der Waals surface area contributed by atoms with E-state index in [9.17, 15) is 14.0 Å². The molecule has 1 heterocycles. The molecule has 23 heavy (non-hydrogen) atoms. The molecule has 0 bridgehead atoms. The number of hydrogen-bond donors (Lipinski definition) is 1. The van der Waals surface area contributed by atoms with Crippen molar-refractivity contribution in [2.45, 2.75) is 26.8 Å². The van der Waals surface area contributed by atoms with Crippen molar-refractivity contribution >= 4 is 17.6 Å². The van der Waals surface area contributed by atoms with Gasteiger partial charge in [0.05, 0.1) is 0 Å². The van der Waals surface area contributed by atoms with E-state index in [1.165, 1.54) is 29.2 Å². The molecule has 1 N–H and O–H groups in total. The summed E-state index contributed by atoms with van der Waals surface area (Å²) in [7, 11) is 0. The predicted octanol–water partition coefficient (Wildman–Crippen LogP) is 2.61. The van der Waals surface area contributed by atoms with Crippen LogP contribution < -0.4 is 5.32 Å². The van der Waals surface area contributed by atoms with Crippen LogP contribution in [0, 0.1) is 12.7 Å². The number of nitrogens with one attached hydrogen (secondary N) is 1. The molecule has 6 nitrogen and oxygen atoms in total. The molecule has 0 spiro atoms. The SMILES string of the molecule is Cc1cc(NC(=O)CN(C(=O)c2ccc(F)cc2)C(C)C)no1. The molecule has 0 saturated heterocycles. The van der Waals surface area contributed by atoms with Gasteiger partial charge in [0.1, 0.15) is 18.1 Å². The first-order valence-electron chi connectivity index (χ1n) is 7.16. The molecule has 0 aliphatic carbocycles. The van der Waals surface area contributed by atoms with Crippen molar-refractivity contribution in [3.8, 4) is 0 Å². The van der Waals surface area contributed by atoms with Crippen LogP contribution >= 0.6 is 0 Å². The van der Waals surface area contributed by atoms with E-state index < -0.39 is 5.82 Å². The summed E-state index contributed by atoms with van der Waals surface area (Å²) in [6.07, 6.45) is 0. The quantitative estimate of drug-likeness (QED) is 0.919. The number of rotatable bonds is 5. The third-order valence-electron chi connectivity index (χ3n) is 3.18. The normalized spacial score (nSPS) is 10.7. The number of halogens is 1. The minimum atomic E-state index is -0.420. The highest BCUT2D eigenvalue weighted by molar-refractivity contribution is 5.99. The van der Waals surface area contributed by atoms with E-state index in [-0.39, 0.29) is 24.4 Å². The molecule has 7 heteroatoms. The standard InChI is InChI=1S/C16H18FN3O3/c1-10(2)20(16(22)12-4-6-13(17)7-5-12)9-15(21)18-14-8-11(3)23-19-14/h4-8,10H,9H2,1-3H3,(H,18,19,21). The number of amides is 2. The van der Waals surface area contributed by atoms with Gasteiger partial charge in [-0.25, -0.2) is 4.39 Å². The van der Waals surface area contributed by atoms with E-state index >= 15 is 0 Å². The molecule has 2 aromatic rings. The number of aromatic nitrogens is 1. The summed E-state index contributed by atoms with van der Waals surface area (Å²) in [5.74, 6) is -0.278. The third-order valence-corrected chi connectivity index (χ3v) is 3.18. The van der Waals surface area contributed by atoms with Gasteiger partial charge in [-0.15, -0.1) is 0 Å². The van der Waals surface area contributed by atoms with Gasteiger partial charge >= 0.3 is 0 Å². The van der Waals surface area contributed by atoms with Crippen molar-refractivity contribution in [2.75, 3.05) is 11.9 Å². The Bertz CT molecular complexity index is 695. The fraction of sp³-hybridized carbons (Fsp3) is 0.312. The summed E-state index contributed by atoms with van der Waals surface area (Å²) in [5, 5.41) is 6.23. The van der Waals surface area contributed by atoms with Crippen molar-refractivity contribution in [3.63, 3.8) is 0 Å². The number of carbonyl (C=O) groups is 2. The molecule has 0 aliphatic heterocycles. The summed E-state index contributed by atoms with van der Waals surface area (Å²) < 4.78 is 17.8. The monoisotopic (exact) mass is 319 g/mol. The molecular formula is C16H18FN3O3. The van der Waals surface area contributed by atoms with Gasteiger partial charge in [0.15, 0.2) is 5.82 Å². The largest absolute Gasteiger partial charge is 0.360 e. The average Bonchev–Trinajstić information content (AvgIpc) is 2.89. The van der Waals surface area contributed by atoms with Crippen LogP contribution in [0.25, 0.3) is 0 Å². The lowest BCUT2D eigenvalue weighted by molar-refractivity contribution is -0.117. The third kappa shape index (κ3) is 4.38. The summed E-state index contributed by atoms with van der Waals surface area (Å²) >= 11 is 0. The number of benzene rings is 1. The molecule has 0 saturated carbocycles. The van der Waals surface area contributed by atoms with E-state index in [1.807, 2.05) is 0 Å². The van der Waals surface area contributed by atoms with Crippen LogP contribution in [0.4, 0.5) is 10.2 Å². The molecule has 0 aliphatic rings. The van der Waals surface area contributed by atoms with Crippen molar-refractivity contribution in [1.82, 2.24) is 10.1 Å². The Hall–Kier alpha value is -2.70. The van der Waals surface area contributed by atoms with E-state index in [0.717, 1.165) is 0 Å². The topological polar surface area (TPSA) is 75.4 Å². The number of hydrogen-bond acceptors (Lipinski definition) is 4. The van der Waals surface area contributed by atoms with Crippen molar-refractivity contribution in [3.05, 3.63) is 47.5 Å². The number of aryl methyl sites for hydroxylation is 1. The first kappa shape index (κ1) is 16.7. The lowest BCUT2D eigenvalue weighted by Gasteiger charge is -2.26. The fourth-order valence-corrected chi connectivity index (χ4v) is 2.01. The van der Waals surface area contributed by atoms with Crippen LogP contribution in [-0.4, -0.2) is 34.5 Å². The van der Waals surface area contributed by atoms with Gasteiger partial charge in [-0.3, -0.25) is 9.59 Å². The Balaban J connectivity index is 2.07. The van der Waals surface area contributed by atoms with Gasteiger partial charge in [0, 0.05) is 17.7 Å². The second-order valence-electron chi connectivity index (χ2n) is 5.40. The predicted molar refractivity (Wildman–Crippen MR) is 82.4 cm³/mol. The first-order valence-corrected chi connectivity index (χ1v) is 7.16. The van der Waals surface area contributed by atoms with Crippen molar-refractivity contribution in [2.24, 2.45) is 0 Å². The summed E-state index contributed by atoms with van der Waals surface area (Å²) in [4.78, 5) is 26.0. The molecule has 122 valence electrons. The highest BCUT2D eigenvalue weighted by atomic mass is 19.1. The Kier molecular flexibility index (Phi) is 5.10. The van der Waals surface area contributed by atoms with Gasteiger partial charge in [-0.05, 0) is 45.0 Å². The maximum Gasteiger partial charge on any atom is 0.254 e. The van der Waals surface area contributed by atoms with Gasteiger partial charge in [0.25, 0.3) is 5.91 Å². The fourth-order valence-electron chi connectivity index (χ4n) is 2.01. The highest BCUT2D eigenvalue weighted by Crippen LogP contribution is 2.11. The van der Waals surface area contributed by atoms with Gasteiger partial charge < -0.3 is 14.7 Å². The molecule has 0 fully saturated rings. The zero-order valence-corrected chi connectivity index (χ0v) is 13.2. The van der Waals surface area contributed by atoms with Gasteiger partial charge in [-0.1, -0.05) is 5.16 Å². The van der Waals surface area contributed by atoms with Crippen LogP contribution in [0.15, 0.2) is 34.9 Å². The van der Waals surface area contributed by atoms with Crippen molar-refractivity contribution in [1.29, 1.82) is 0 Å². The van der Waals surface area contributed by atoms with Gasteiger partial charge in [0.2, 0.25) is 5.91 Å². The molecule has 1 aromatic carbocycles. The molecule has 2 amide bonds. The molecule has 1 aromatic heterocycles. The first-order chi connectivity index (χ1) is 10.9. The maximum atomic E-state index is 13.0. The zero-order valence-electron chi connectivity index (χ0n) is 13.2. The second-order valence-corrected chi connectivity index (χ2v) is 5.40. The van der Waals surface area contributed by atoms with Gasteiger partial charge in [-0.2, -0.15) is 0 Å². The van der Waals surface area contributed by atoms with Crippen molar-refractivity contribution < 1.29 is 18.5 Å². The number of nitrogens with zero attached hydrogens (tertiary/aromatic N) is 2. The van der Waals surface area contributed by atoms with Crippen LogP contribution in [-0.2, 0) is 4.79 Å². The lowest BCUT2D eigenvalue weighted by Crippen LogP contribution is -2.42. The second kappa shape index (κ2) is 7.04. The minimum Gasteiger partial charge on any atom is -0.360 e. The van der Waals surface area contributed by atoms with E-state index in [2.05, 4.69) is 10.5 Å². The zero-order chi connectivity index (χ0) is 17.0. The Labute approximate surface area is 133 Å². The van der Waals surface area contributed by atoms with Crippen LogP contribution in [0.2, 0.25) is 0 Å². The number of carbonyl (C=O) groups excluding carboxylic acids is 2. The van der Waals surface area contributed by atoms with E-state index in [4.69, 9.17) is 4.52 Å². The Morgan fingerprint density at radius 1 is 1.30 bits per heavy atom. The summed E-state index contributed by atoms with van der Waals surface area (Å²) in [5.41, 5.74) is 0.324. The minimum absolute atomic E-state index is 0.139.